The van der Waals surface area contributed by atoms with Crippen LogP contribution in [-0.2, 0) is 14.3 Å². The fourth-order valence-electron chi connectivity index (χ4n) is 0.948. The molecular weight excluding hydrogens is 188 g/mol. The van der Waals surface area contributed by atoms with Gasteiger partial charge in [-0.05, 0) is 0 Å². The van der Waals surface area contributed by atoms with Crippen molar-refractivity contribution in [2.75, 3.05) is 13.2 Å². The predicted octanol–water partition coefficient (Wildman–Crippen LogP) is -0.101. The van der Waals surface area contributed by atoms with Crippen molar-refractivity contribution in [2.45, 2.75) is 13.8 Å². The van der Waals surface area contributed by atoms with Crippen LogP contribution in [-0.4, -0.2) is 41.0 Å². The van der Waals surface area contributed by atoms with Gasteiger partial charge in [0.25, 0.3) is 5.91 Å². The van der Waals surface area contributed by atoms with Crippen LogP contribution in [0.2, 0.25) is 0 Å². The Morgan fingerprint density at radius 3 is 2.86 bits per heavy atom. The lowest BCUT2D eigenvalue weighted by Gasteiger charge is -2.23. The number of hydrogen-bond donors (Lipinski definition) is 1. The van der Waals surface area contributed by atoms with Crippen LogP contribution in [0.3, 0.4) is 0 Å². The monoisotopic (exact) mass is 200 g/mol. The maximum atomic E-state index is 11.1. The first-order chi connectivity index (χ1) is 6.50. The van der Waals surface area contributed by atoms with E-state index in [2.05, 4.69) is 5.10 Å². The molecule has 14 heavy (non-hydrogen) atoms. The second-order valence-corrected chi connectivity index (χ2v) is 3.23. The van der Waals surface area contributed by atoms with E-state index in [1.165, 1.54) is 0 Å². The minimum atomic E-state index is -1.09. The molecule has 0 unspecified atom stereocenters. The molecule has 0 saturated carbocycles. The third-order valence-corrected chi connectivity index (χ3v) is 1.63. The average Bonchev–Trinajstić information content (AvgIpc) is 2.07. The quantitative estimate of drug-likeness (QED) is 0.689. The van der Waals surface area contributed by atoms with E-state index in [9.17, 15) is 9.59 Å². The molecule has 0 saturated heterocycles. The molecule has 1 amide bonds. The number of aliphatic carboxylic acids is 1. The van der Waals surface area contributed by atoms with Crippen LogP contribution in [0, 0.1) is 5.92 Å². The molecule has 0 aromatic carbocycles. The maximum Gasteiger partial charge on any atom is 0.325 e. The Labute approximate surface area is 81.1 Å². The Morgan fingerprint density at radius 2 is 2.36 bits per heavy atom. The van der Waals surface area contributed by atoms with Crippen LogP contribution in [0.1, 0.15) is 13.8 Å². The second kappa shape index (κ2) is 4.08. The molecular formula is C8H12N2O4. The van der Waals surface area contributed by atoms with Crippen molar-refractivity contribution < 1.29 is 19.4 Å². The molecule has 0 radical (unpaired) electrons. The molecule has 0 spiro atoms. The van der Waals surface area contributed by atoms with Crippen molar-refractivity contribution >= 4 is 17.8 Å². The van der Waals surface area contributed by atoms with E-state index in [4.69, 9.17) is 9.84 Å². The lowest BCUT2D eigenvalue weighted by Crippen LogP contribution is -2.40. The van der Waals surface area contributed by atoms with Crippen LogP contribution in [0.4, 0.5) is 0 Å². The highest BCUT2D eigenvalue weighted by atomic mass is 16.5. The van der Waals surface area contributed by atoms with Crippen molar-refractivity contribution in [1.29, 1.82) is 0 Å². The highest BCUT2D eigenvalue weighted by Gasteiger charge is 2.24. The van der Waals surface area contributed by atoms with Crippen LogP contribution < -0.4 is 0 Å². The van der Waals surface area contributed by atoms with Gasteiger partial charge in [-0.3, -0.25) is 9.59 Å². The van der Waals surface area contributed by atoms with Gasteiger partial charge in [-0.25, -0.2) is 5.01 Å². The smallest absolute Gasteiger partial charge is 0.325 e. The van der Waals surface area contributed by atoms with E-state index >= 15 is 0 Å². The second-order valence-electron chi connectivity index (χ2n) is 3.23. The van der Waals surface area contributed by atoms with Gasteiger partial charge in [0.2, 0.25) is 5.90 Å². The number of ether oxygens (including phenoxy) is 1. The Kier molecular flexibility index (Phi) is 3.06. The first-order valence-corrected chi connectivity index (χ1v) is 4.24. The third-order valence-electron chi connectivity index (χ3n) is 1.63. The van der Waals surface area contributed by atoms with Gasteiger partial charge in [0.15, 0.2) is 6.61 Å². The van der Waals surface area contributed by atoms with Gasteiger partial charge in [0.05, 0.1) is 0 Å². The molecule has 1 aliphatic rings. The van der Waals surface area contributed by atoms with Crippen LogP contribution in [0.15, 0.2) is 5.10 Å². The molecule has 1 heterocycles. The minimum absolute atomic E-state index is 0.0411. The van der Waals surface area contributed by atoms with Gasteiger partial charge in [-0.1, -0.05) is 13.8 Å². The molecule has 0 atom stereocenters. The fourth-order valence-corrected chi connectivity index (χ4v) is 0.948. The van der Waals surface area contributed by atoms with Crippen molar-refractivity contribution in [3.63, 3.8) is 0 Å². The first kappa shape index (κ1) is 10.5. The summed E-state index contributed by atoms with van der Waals surface area (Å²) in [6.45, 7) is 3.16. The Hall–Kier alpha value is -1.59. The minimum Gasteiger partial charge on any atom is -0.480 e. The normalized spacial score (nSPS) is 16.6. The average molecular weight is 200 g/mol. The summed E-state index contributed by atoms with van der Waals surface area (Å²) in [7, 11) is 0. The van der Waals surface area contributed by atoms with E-state index in [-0.39, 0.29) is 12.5 Å². The van der Waals surface area contributed by atoms with E-state index < -0.39 is 18.4 Å². The lowest BCUT2D eigenvalue weighted by molar-refractivity contribution is -0.146. The van der Waals surface area contributed by atoms with Crippen molar-refractivity contribution in [1.82, 2.24) is 5.01 Å². The highest BCUT2D eigenvalue weighted by molar-refractivity contribution is 5.89. The van der Waals surface area contributed by atoms with Crippen molar-refractivity contribution in [3.05, 3.63) is 0 Å². The number of nitrogens with zero attached hydrogens (tertiary/aromatic N) is 2. The van der Waals surface area contributed by atoms with E-state index in [1.807, 2.05) is 13.8 Å². The number of carbonyl (C=O) groups is 2. The molecule has 0 aromatic rings. The molecule has 0 bridgehead atoms. The largest absolute Gasteiger partial charge is 0.480 e. The van der Waals surface area contributed by atoms with Gasteiger partial charge in [0, 0.05) is 5.92 Å². The van der Waals surface area contributed by atoms with Crippen LogP contribution >= 0.6 is 0 Å². The molecule has 78 valence electrons. The highest BCUT2D eigenvalue weighted by Crippen LogP contribution is 2.07. The zero-order valence-electron chi connectivity index (χ0n) is 8.06. The molecule has 0 fully saturated rings. The summed E-state index contributed by atoms with van der Waals surface area (Å²) >= 11 is 0. The summed E-state index contributed by atoms with van der Waals surface area (Å²) in [5, 5.41) is 13.2. The van der Waals surface area contributed by atoms with Crippen molar-refractivity contribution in [2.24, 2.45) is 11.0 Å². The Bertz CT molecular complexity index is 285. The van der Waals surface area contributed by atoms with E-state index in [1.54, 1.807) is 0 Å². The molecule has 1 aliphatic heterocycles. The van der Waals surface area contributed by atoms with Crippen molar-refractivity contribution in [3.8, 4) is 0 Å². The summed E-state index contributed by atoms with van der Waals surface area (Å²) in [6, 6.07) is 0. The number of rotatable bonds is 3. The first-order valence-electron chi connectivity index (χ1n) is 4.24. The number of carboxylic acids is 1. The molecule has 0 aliphatic carbocycles. The molecule has 6 nitrogen and oxygen atoms in total. The number of hydrogen-bond acceptors (Lipinski definition) is 4. The number of carboxylic acid groups (broad SMARTS) is 1. The summed E-state index contributed by atoms with van der Waals surface area (Å²) in [6.07, 6.45) is 0. The van der Waals surface area contributed by atoms with Gasteiger partial charge >= 0.3 is 5.97 Å². The molecule has 6 heteroatoms. The molecule has 0 aromatic heterocycles. The topological polar surface area (TPSA) is 79.2 Å². The number of amides is 1. The standard InChI is InChI=1S/C8H12N2O4/c1-5(2)8-9-10(3-7(12)13)6(11)4-14-8/h5H,3-4H2,1-2H3,(H,12,13). The van der Waals surface area contributed by atoms with Gasteiger partial charge < -0.3 is 9.84 Å². The number of carbonyl (C=O) groups excluding carboxylic acids is 1. The van der Waals surface area contributed by atoms with E-state index in [0.29, 0.717) is 5.90 Å². The van der Waals surface area contributed by atoms with Gasteiger partial charge in [-0.2, -0.15) is 0 Å². The van der Waals surface area contributed by atoms with Gasteiger partial charge in [-0.15, -0.1) is 5.10 Å². The predicted molar refractivity (Wildman–Crippen MR) is 47.6 cm³/mol. The van der Waals surface area contributed by atoms with Crippen LogP contribution in [0.5, 0.6) is 0 Å². The van der Waals surface area contributed by atoms with Gasteiger partial charge in [0.1, 0.15) is 6.54 Å². The zero-order chi connectivity index (χ0) is 10.7. The SMILES string of the molecule is CC(C)C1=NN(CC(=O)O)C(=O)CO1. The third kappa shape index (κ3) is 2.45. The molecule has 1 N–H and O–H groups in total. The van der Waals surface area contributed by atoms with Crippen LogP contribution in [0.25, 0.3) is 0 Å². The zero-order valence-corrected chi connectivity index (χ0v) is 8.06. The summed E-state index contributed by atoms with van der Waals surface area (Å²) in [5.74, 6) is -1.09. The Balaban J connectivity index is 2.75. The molecule has 1 rings (SSSR count). The fraction of sp³-hybridized carbons (Fsp3) is 0.625. The van der Waals surface area contributed by atoms with E-state index in [0.717, 1.165) is 5.01 Å². The summed E-state index contributed by atoms with van der Waals surface area (Å²) in [5.41, 5.74) is 0. The summed E-state index contributed by atoms with van der Waals surface area (Å²) in [4.78, 5) is 21.5. The maximum absolute atomic E-state index is 11.1. The Morgan fingerprint density at radius 1 is 1.71 bits per heavy atom. The summed E-state index contributed by atoms with van der Waals surface area (Å²) < 4.78 is 5.03. The lowest BCUT2D eigenvalue weighted by atomic mass is 10.2. The number of hydrazone groups is 1.